The number of rotatable bonds is 5. The number of halogens is 1. The molecule has 1 fully saturated rings. The van der Waals surface area contributed by atoms with Gasteiger partial charge in [0.25, 0.3) is 0 Å². The van der Waals surface area contributed by atoms with Gasteiger partial charge < -0.3 is 15.5 Å². The van der Waals surface area contributed by atoms with E-state index < -0.39 is 11.8 Å². The first-order valence-electron chi connectivity index (χ1n) is 8.77. The van der Waals surface area contributed by atoms with Crippen LogP contribution in [0.1, 0.15) is 18.4 Å². The summed E-state index contributed by atoms with van der Waals surface area (Å²) in [5.74, 6) is -1.80. The van der Waals surface area contributed by atoms with Crippen molar-refractivity contribution in [3.05, 3.63) is 59.9 Å². The van der Waals surface area contributed by atoms with Crippen LogP contribution in [0.5, 0.6) is 0 Å². The fraction of sp³-hybridized carbons (Fsp3) is 0.250. The molecule has 0 spiro atoms. The van der Waals surface area contributed by atoms with E-state index in [9.17, 15) is 18.8 Å². The average Bonchev–Trinajstić information content (AvgIpc) is 3.09. The highest BCUT2D eigenvalue weighted by atomic mass is 19.1. The Morgan fingerprint density at radius 2 is 1.85 bits per heavy atom. The van der Waals surface area contributed by atoms with Gasteiger partial charge in [0.15, 0.2) is 0 Å². The Balaban J connectivity index is 1.51. The molecule has 1 aliphatic rings. The van der Waals surface area contributed by atoms with Crippen molar-refractivity contribution in [1.82, 2.24) is 5.32 Å². The molecule has 27 heavy (non-hydrogen) atoms. The normalized spacial score (nSPS) is 13.5. The molecule has 0 radical (unpaired) electrons. The number of anilines is 2. The topological polar surface area (TPSA) is 78.5 Å². The van der Waals surface area contributed by atoms with Crippen LogP contribution in [0.2, 0.25) is 0 Å². The van der Waals surface area contributed by atoms with Gasteiger partial charge in [0, 0.05) is 30.9 Å². The number of nitrogens with zero attached hydrogens (tertiary/aromatic N) is 1. The zero-order valence-corrected chi connectivity index (χ0v) is 14.7. The molecule has 2 N–H and O–H groups in total. The molecule has 2 aromatic carbocycles. The van der Waals surface area contributed by atoms with Crippen LogP contribution in [0.4, 0.5) is 15.8 Å². The lowest BCUT2D eigenvalue weighted by molar-refractivity contribution is -0.136. The van der Waals surface area contributed by atoms with Crippen LogP contribution < -0.4 is 15.5 Å². The van der Waals surface area contributed by atoms with Gasteiger partial charge >= 0.3 is 11.8 Å². The molecular formula is C20H20FN3O3. The van der Waals surface area contributed by atoms with E-state index in [0.29, 0.717) is 30.8 Å². The zero-order valence-electron chi connectivity index (χ0n) is 14.7. The predicted molar refractivity (Wildman–Crippen MR) is 99.8 cm³/mol. The lowest BCUT2D eigenvalue weighted by Crippen LogP contribution is -2.36. The van der Waals surface area contributed by atoms with Crippen molar-refractivity contribution >= 4 is 29.1 Å². The summed E-state index contributed by atoms with van der Waals surface area (Å²) in [5, 5.41) is 5.07. The summed E-state index contributed by atoms with van der Waals surface area (Å²) in [6.07, 6.45) is 1.82. The first-order valence-corrected chi connectivity index (χ1v) is 8.77. The van der Waals surface area contributed by atoms with E-state index in [1.54, 1.807) is 41.3 Å². The standard InChI is InChI=1S/C20H20FN3O3/c21-15-8-6-14(7-9-15)10-11-22-19(26)20(27)23-16-3-1-4-17(13-16)24-12-2-5-18(24)25/h1,3-4,6-9,13H,2,5,10-12H2,(H,22,26)(H,23,27). The van der Waals surface area contributed by atoms with Crippen LogP contribution in [-0.4, -0.2) is 30.8 Å². The van der Waals surface area contributed by atoms with Gasteiger partial charge in [-0.2, -0.15) is 0 Å². The van der Waals surface area contributed by atoms with Gasteiger partial charge in [-0.15, -0.1) is 0 Å². The van der Waals surface area contributed by atoms with Crippen LogP contribution in [0.25, 0.3) is 0 Å². The Morgan fingerprint density at radius 3 is 2.56 bits per heavy atom. The van der Waals surface area contributed by atoms with Crippen LogP contribution in [-0.2, 0) is 20.8 Å². The van der Waals surface area contributed by atoms with Crippen LogP contribution in [0, 0.1) is 5.82 Å². The minimum Gasteiger partial charge on any atom is -0.347 e. The molecule has 2 aromatic rings. The van der Waals surface area contributed by atoms with E-state index in [2.05, 4.69) is 10.6 Å². The van der Waals surface area contributed by atoms with Crippen molar-refractivity contribution in [2.24, 2.45) is 0 Å². The number of hydrogen-bond donors (Lipinski definition) is 2. The minimum atomic E-state index is -0.779. The number of carbonyl (C=O) groups is 3. The minimum absolute atomic E-state index is 0.0528. The zero-order chi connectivity index (χ0) is 19.2. The predicted octanol–water partition coefficient (Wildman–Crippen LogP) is 2.25. The van der Waals surface area contributed by atoms with Gasteiger partial charge in [-0.25, -0.2) is 4.39 Å². The maximum atomic E-state index is 12.9. The average molecular weight is 369 g/mol. The number of carbonyl (C=O) groups excluding carboxylic acids is 3. The second-order valence-electron chi connectivity index (χ2n) is 6.29. The van der Waals surface area contributed by atoms with E-state index in [-0.39, 0.29) is 18.3 Å². The summed E-state index contributed by atoms with van der Waals surface area (Å²) in [7, 11) is 0. The molecule has 7 heteroatoms. The fourth-order valence-corrected chi connectivity index (χ4v) is 2.91. The van der Waals surface area contributed by atoms with Gasteiger partial charge in [0.2, 0.25) is 5.91 Å². The molecule has 0 aliphatic carbocycles. The Morgan fingerprint density at radius 1 is 1.07 bits per heavy atom. The van der Waals surface area contributed by atoms with Crippen molar-refractivity contribution in [1.29, 1.82) is 0 Å². The Labute approximate surface area is 156 Å². The third kappa shape index (κ3) is 4.91. The molecular weight excluding hydrogens is 349 g/mol. The largest absolute Gasteiger partial charge is 0.347 e. The van der Waals surface area contributed by atoms with E-state index in [1.165, 1.54) is 12.1 Å². The molecule has 0 unspecified atom stereocenters. The van der Waals surface area contributed by atoms with E-state index in [0.717, 1.165) is 12.0 Å². The summed E-state index contributed by atoms with van der Waals surface area (Å²) in [6.45, 7) is 0.917. The second-order valence-corrected chi connectivity index (χ2v) is 6.29. The highest BCUT2D eigenvalue weighted by Crippen LogP contribution is 2.24. The Kier molecular flexibility index (Phi) is 5.80. The van der Waals surface area contributed by atoms with Crippen molar-refractivity contribution in [3.8, 4) is 0 Å². The number of hydrogen-bond acceptors (Lipinski definition) is 3. The molecule has 0 bridgehead atoms. The third-order valence-electron chi connectivity index (χ3n) is 4.31. The molecule has 0 aromatic heterocycles. The van der Waals surface area contributed by atoms with Crippen LogP contribution in [0.3, 0.4) is 0 Å². The Hall–Kier alpha value is -3.22. The summed E-state index contributed by atoms with van der Waals surface area (Å²) in [5.41, 5.74) is 2.01. The quantitative estimate of drug-likeness (QED) is 0.794. The lowest BCUT2D eigenvalue weighted by atomic mass is 10.1. The van der Waals surface area contributed by atoms with E-state index >= 15 is 0 Å². The van der Waals surface area contributed by atoms with Crippen LogP contribution >= 0.6 is 0 Å². The smallest absolute Gasteiger partial charge is 0.313 e. The first kappa shape index (κ1) is 18.6. The summed E-state index contributed by atoms with van der Waals surface area (Å²) in [4.78, 5) is 37.5. The van der Waals surface area contributed by atoms with Gasteiger partial charge in [-0.3, -0.25) is 14.4 Å². The molecule has 1 saturated heterocycles. The molecule has 140 valence electrons. The first-order chi connectivity index (χ1) is 13.0. The monoisotopic (exact) mass is 369 g/mol. The highest BCUT2D eigenvalue weighted by Gasteiger charge is 2.22. The molecule has 3 rings (SSSR count). The summed E-state index contributed by atoms with van der Waals surface area (Å²) >= 11 is 0. The molecule has 3 amide bonds. The molecule has 1 aliphatic heterocycles. The fourth-order valence-electron chi connectivity index (χ4n) is 2.91. The van der Waals surface area contributed by atoms with Crippen molar-refractivity contribution < 1.29 is 18.8 Å². The lowest BCUT2D eigenvalue weighted by Gasteiger charge is -2.16. The number of nitrogens with one attached hydrogen (secondary N) is 2. The van der Waals surface area contributed by atoms with Crippen molar-refractivity contribution in [2.45, 2.75) is 19.3 Å². The van der Waals surface area contributed by atoms with E-state index in [1.807, 2.05) is 0 Å². The van der Waals surface area contributed by atoms with E-state index in [4.69, 9.17) is 0 Å². The molecule has 6 nitrogen and oxygen atoms in total. The summed E-state index contributed by atoms with van der Waals surface area (Å²) < 4.78 is 12.9. The van der Waals surface area contributed by atoms with Gasteiger partial charge in [-0.1, -0.05) is 18.2 Å². The molecule has 1 heterocycles. The SMILES string of the molecule is O=C(NCCc1ccc(F)cc1)C(=O)Nc1cccc(N2CCCC2=O)c1. The molecule has 0 saturated carbocycles. The van der Waals surface area contributed by atoms with Crippen molar-refractivity contribution in [3.63, 3.8) is 0 Å². The highest BCUT2D eigenvalue weighted by molar-refractivity contribution is 6.39. The maximum Gasteiger partial charge on any atom is 0.313 e. The molecule has 0 atom stereocenters. The number of benzene rings is 2. The number of amides is 3. The van der Waals surface area contributed by atoms with Crippen molar-refractivity contribution in [2.75, 3.05) is 23.3 Å². The second kappa shape index (κ2) is 8.44. The van der Waals surface area contributed by atoms with Gasteiger partial charge in [0.05, 0.1) is 0 Å². The summed E-state index contributed by atoms with van der Waals surface area (Å²) in [6, 6.07) is 12.8. The maximum absolute atomic E-state index is 12.9. The third-order valence-corrected chi connectivity index (χ3v) is 4.31. The van der Waals surface area contributed by atoms with Gasteiger partial charge in [0.1, 0.15) is 5.82 Å². The van der Waals surface area contributed by atoms with Gasteiger partial charge in [-0.05, 0) is 48.7 Å². The van der Waals surface area contributed by atoms with Crippen LogP contribution in [0.15, 0.2) is 48.5 Å². The Bertz CT molecular complexity index is 852.